The maximum absolute atomic E-state index is 13.1. The number of rotatable bonds is 17. The first-order valence-corrected chi connectivity index (χ1v) is 16.8. The van der Waals surface area contributed by atoms with Gasteiger partial charge in [0.05, 0.1) is 19.8 Å². The summed E-state index contributed by atoms with van der Waals surface area (Å²) in [5.74, 6) is -2.74. The summed E-state index contributed by atoms with van der Waals surface area (Å²) in [7, 11) is 2.63. The number of ketones is 1. The number of halogens is 4. The summed E-state index contributed by atoms with van der Waals surface area (Å²) in [6, 6.07) is 18.0. The summed E-state index contributed by atoms with van der Waals surface area (Å²) in [6.07, 6.45) is -3.79. The van der Waals surface area contributed by atoms with E-state index in [0.29, 0.717) is 34.9 Å². The van der Waals surface area contributed by atoms with Gasteiger partial charge in [-0.2, -0.15) is 28.1 Å². The lowest BCUT2D eigenvalue weighted by atomic mass is 10.1. The number of nitrogens with one attached hydrogen (secondary N) is 4. The highest BCUT2D eigenvalue weighted by atomic mass is 35.5. The van der Waals surface area contributed by atoms with Crippen LogP contribution in [0.4, 0.5) is 30.8 Å². The Labute approximate surface area is 312 Å². The van der Waals surface area contributed by atoms with Crippen molar-refractivity contribution in [1.29, 1.82) is 0 Å². The fraction of sp³-hybridized carbons (Fsp3) is 0.306. The number of anilines is 3. The minimum absolute atomic E-state index is 0.0326. The molecule has 1 atom stereocenters. The van der Waals surface area contributed by atoms with Crippen LogP contribution in [0.15, 0.2) is 72.8 Å². The van der Waals surface area contributed by atoms with Crippen LogP contribution < -0.4 is 30.7 Å². The van der Waals surface area contributed by atoms with Crippen molar-refractivity contribution in [2.75, 3.05) is 31.5 Å². The highest BCUT2D eigenvalue weighted by Crippen LogP contribution is 2.48. The number of aromatic nitrogens is 3. The van der Waals surface area contributed by atoms with E-state index in [4.69, 9.17) is 25.8 Å². The Morgan fingerprint density at radius 3 is 2.28 bits per heavy atom. The summed E-state index contributed by atoms with van der Waals surface area (Å²) >= 11 is 6.03. The molecule has 1 fully saturated rings. The number of esters is 1. The first-order chi connectivity index (χ1) is 25.8. The van der Waals surface area contributed by atoms with Crippen molar-refractivity contribution in [1.82, 2.24) is 25.6 Å². The number of Topliss-reactive ketones (excluding diaryl/α,β-unsaturated/α-hetero) is 1. The van der Waals surface area contributed by atoms with Crippen molar-refractivity contribution < 1.29 is 46.6 Å². The van der Waals surface area contributed by atoms with Crippen LogP contribution in [0.5, 0.6) is 11.8 Å². The topological polar surface area (TPSA) is 183 Å². The molecule has 2 amide bonds. The molecule has 14 nitrogen and oxygen atoms in total. The molecule has 3 aromatic carbocycles. The second kappa shape index (κ2) is 17.2. The van der Waals surface area contributed by atoms with Gasteiger partial charge in [0.2, 0.25) is 17.7 Å². The van der Waals surface area contributed by atoms with Gasteiger partial charge in [0.1, 0.15) is 11.8 Å². The molecule has 0 saturated heterocycles. The predicted molar refractivity (Wildman–Crippen MR) is 189 cm³/mol. The summed E-state index contributed by atoms with van der Waals surface area (Å²) < 4.78 is 53.6. The van der Waals surface area contributed by atoms with Gasteiger partial charge in [-0.05, 0) is 78.9 Å². The highest BCUT2D eigenvalue weighted by molar-refractivity contribution is 6.36. The Morgan fingerprint density at radius 2 is 1.63 bits per heavy atom. The standard InChI is InChI=1S/C36H35ClF3N7O7/c1-52-26-5-3-4-21(18-26)19-41-30(50)28(48)15-14-27(31(51)53-2)43-29(49)22-6-12-25(13-7-22)42-32-44-33(46-34(45-32)54-20-36(38,39)40)47-35(16-17-35)23-8-10-24(37)11-9-23/h3-13,18,27H,14-17,19-20H2,1-2H3,(H,41,50)(H,43,49)(H2,42,44,45,46,47)/t27-/m0/s1. The van der Waals surface area contributed by atoms with Crippen molar-refractivity contribution in [3.8, 4) is 11.8 Å². The molecule has 0 unspecified atom stereocenters. The van der Waals surface area contributed by atoms with Crippen LogP contribution >= 0.6 is 11.6 Å². The SMILES string of the molecule is COC(=O)[C@H](CCC(=O)C(=O)NCc1cccc(OC)c1)NC(=O)c1ccc(Nc2nc(NC3(c4ccc(Cl)cc4)CC3)nc(OCC(F)(F)F)n2)cc1. The number of carbonyl (C=O) groups is 4. The van der Waals surface area contributed by atoms with Gasteiger partial charge in [-0.3, -0.25) is 14.4 Å². The summed E-state index contributed by atoms with van der Waals surface area (Å²) in [5.41, 5.74) is 1.50. The normalized spacial score (nSPS) is 13.5. The van der Waals surface area contributed by atoms with E-state index in [1.54, 1.807) is 36.4 Å². The number of hydrogen-bond acceptors (Lipinski definition) is 12. The number of carbonyl (C=O) groups excluding carboxylic acids is 4. The minimum Gasteiger partial charge on any atom is -0.497 e. The maximum atomic E-state index is 13.1. The van der Waals surface area contributed by atoms with Crippen LogP contribution in [-0.4, -0.2) is 71.6 Å². The van der Waals surface area contributed by atoms with E-state index >= 15 is 0 Å². The number of amides is 2. The lowest BCUT2D eigenvalue weighted by molar-refractivity contribution is -0.154. The van der Waals surface area contributed by atoms with Gasteiger partial charge in [-0.25, -0.2) is 4.79 Å². The molecule has 4 aromatic rings. The first-order valence-electron chi connectivity index (χ1n) is 16.5. The summed E-state index contributed by atoms with van der Waals surface area (Å²) in [6.45, 7) is -1.55. The van der Waals surface area contributed by atoms with Crippen LogP contribution in [0.1, 0.15) is 47.2 Å². The van der Waals surface area contributed by atoms with Crippen molar-refractivity contribution >= 4 is 52.8 Å². The molecule has 1 saturated carbocycles. The molecular weight excluding hydrogens is 735 g/mol. The van der Waals surface area contributed by atoms with Gasteiger partial charge in [-0.15, -0.1) is 0 Å². The number of nitrogens with zero attached hydrogens (tertiary/aromatic N) is 3. The van der Waals surface area contributed by atoms with E-state index in [0.717, 1.165) is 12.7 Å². The van der Waals surface area contributed by atoms with Gasteiger partial charge in [0.25, 0.3) is 11.8 Å². The van der Waals surface area contributed by atoms with Gasteiger partial charge >= 0.3 is 18.2 Å². The molecule has 54 heavy (non-hydrogen) atoms. The van der Waals surface area contributed by atoms with Crippen molar-refractivity contribution in [3.63, 3.8) is 0 Å². The molecule has 1 aromatic heterocycles. The highest BCUT2D eigenvalue weighted by Gasteiger charge is 2.45. The van der Waals surface area contributed by atoms with E-state index < -0.39 is 53.9 Å². The van der Waals surface area contributed by atoms with Crippen LogP contribution in [0.25, 0.3) is 0 Å². The Morgan fingerprint density at radius 1 is 0.926 bits per heavy atom. The molecule has 5 rings (SSSR count). The number of alkyl halides is 3. The molecule has 0 bridgehead atoms. The molecule has 0 radical (unpaired) electrons. The van der Waals surface area contributed by atoms with E-state index in [9.17, 15) is 32.3 Å². The zero-order valence-corrected chi connectivity index (χ0v) is 29.7. The van der Waals surface area contributed by atoms with Gasteiger partial charge in [0.15, 0.2) is 6.61 Å². The molecule has 4 N–H and O–H groups in total. The van der Waals surface area contributed by atoms with Crippen LogP contribution in [0, 0.1) is 0 Å². The zero-order valence-electron chi connectivity index (χ0n) is 29.0. The number of methoxy groups -OCH3 is 2. The molecule has 0 spiro atoms. The number of ether oxygens (including phenoxy) is 3. The third kappa shape index (κ3) is 11.0. The van der Waals surface area contributed by atoms with Crippen molar-refractivity contribution in [2.24, 2.45) is 0 Å². The molecule has 1 aliphatic carbocycles. The van der Waals surface area contributed by atoms with E-state index in [2.05, 4.69) is 36.2 Å². The molecule has 0 aliphatic heterocycles. The Bertz CT molecular complexity index is 1980. The van der Waals surface area contributed by atoms with Crippen LogP contribution in [-0.2, 0) is 31.2 Å². The van der Waals surface area contributed by atoms with Crippen molar-refractivity contribution in [2.45, 2.75) is 50.0 Å². The van der Waals surface area contributed by atoms with Gasteiger partial charge < -0.3 is 35.5 Å². The van der Waals surface area contributed by atoms with E-state index in [1.165, 1.54) is 31.4 Å². The maximum Gasteiger partial charge on any atom is 0.422 e. The second-order valence-corrected chi connectivity index (χ2v) is 12.6. The van der Waals surface area contributed by atoms with E-state index in [-0.39, 0.29) is 36.8 Å². The fourth-order valence-corrected chi connectivity index (χ4v) is 5.32. The number of benzene rings is 3. The van der Waals surface area contributed by atoms with Crippen molar-refractivity contribution in [3.05, 3.63) is 94.5 Å². The third-order valence-electron chi connectivity index (χ3n) is 8.17. The Balaban J connectivity index is 1.21. The average Bonchev–Trinajstić information content (AvgIpc) is 3.94. The van der Waals surface area contributed by atoms with Gasteiger partial charge in [-0.1, -0.05) is 35.9 Å². The lowest BCUT2D eigenvalue weighted by Gasteiger charge is -2.19. The zero-order chi connectivity index (χ0) is 38.9. The molecule has 1 aliphatic rings. The Kier molecular flexibility index (Phi) is 12.5. The summed E-state index contributed by atoms with van der Waals surface area (Å²) in [5, 5.41) is 11.6. The fourth-order valence-electron chi connectivity index (χ4n) is 5.19. The smallest absolute Gasteiger partial charge is 0.422 e. The number of hydrogen-bond donors (Lipinski definition) is 4. The Hall–Kier alpha value is -5.97. The van der Waals surface area contributed by atoms with Crippen LogP contribution in [0.3, 0.4) is 0 Å². The van der Waals surface area contributed by atoms with Crippen LogP contribution in [0.2, 0.25) is 5.02 Å². The molecular formula is C36H35ClF3N7O7. The van der Waals surface area contributed by atoms with E-state index in [1.807, 2.05) is 12.1 Å². The molecule has 284 valence electrons. The third-order valence-corrected chi connectivity index (χ3v) is 8.42. The quantitative estimate of drug-likeness (QED) is 0.0809. The lowest BCUT2D eigenvalue weighted by Crippen LogP contribution is -2.42. The predicted octanol–water partition coefficient (Wildman–Crippen LogP) is 5.26. The average molecular weight is 770 g/mol. The second-order valence-electron chi connectivity index (χ2n) is 12.1. The first kappa shape index (κ1) is 39.2. The molecule has 18 heteroatoms. The largest absolute Gasteiger partial charge is 0.497 e. The molecule has 1 heterocycles. The monoisotopic (exact) mass is 769 g/mol. The van der Waals surface area contributed by atoms with Gasteiger partial charge in [0, 0.05) is 29.2 Å². The minimum atomic E-state index is -4.64. The summed E-state index contributed by atoms with van der Waals surface area (Å²) in [4.78, 5) is 62.8.